The summed E-state index contributed by atoms with van der Waals surface area (Å²) in [5.41, 5.74) is 3.63. The van der Waals surface area contributed by atoms with E-state index in [9.17, 15) is 0 Å². The Labute approximate surface area is 84.3 Å². The minimum Gasteiger partial charge on any atom is -0.378 e. The number of hydrogen-bond acceptors (Lipinski definition) is 3. The molecule has 0 amide bonds. The summed E-state index contributed by atoms with van der Waals surface area (Å²) in [6.45, 7) is 6.66. The lowest BCUT2D eigenvalue weighted by Crippen LogP contribution is -2.35. The van der Waals surface area contributed by atoms with Crippen molar-refractivity contribution >= 4 is 0 Å². The molecule has 78 valence electrons. The normalized spacial score (nSPS) is 22.6. The molecule has 1 aliphatic heterocycles. The molecule has 1 fully saturated rings. The van der Waals surface area contributed by atoms with E-state index >= 15 is 0 Å². The Morgan fingerprint density at radius 2 is 2.29 bits per heavy atom. The van der Waals surface area contributed by atoms with Crippen molar-refractivity contribution in [3.63, 3.8) is 0 Å². The van der Waals surface area contributed by atoms with Crippen molar-refractivity contribution in [3.8, 4) is 0 Å². The van der Waals surface area contributed by atoms with E-state index in [2.05, 4.69) is 24.3 Å². The van der Waals surface area contributed by atoms with Gasteiger partial charge in [0.2, 0.25) is 0 Å². The van der Waals surface area contributed by atoms with Gasteiger partial charge in [-0.25, -0.2) is 0 Å². The third-order valence-electron chi connectivity index (χ3n) is 2.84. The van der Waals surface area contributed by atoms with Crippen molar-refractivity contribution in [1.82, 2.24) is 15.1 Å². The fraction of sp³-hybridized carbons (Fsp3) is 0.700. The van der Waals surface area contributed by atoms with E-state index in [1.54, 1.807) is 0 Å². The summed E-state index contributed by atoms with van der Waals surface area (Å²) >= 11 is 0. The van der Waals surface area contributed by atoms with Crippen LogP contribution in [0.15, 0.2) is 0 Å². The molecule has 1 saturated heterocycles. The van der Waals surface area contributed by atoms with E-state index < -0.39 is 0 Å². The summed E-state index contributed by atoms with van der Waals surface area (Å²) in [5.74, 6) is 0. The largest absolute Gasteiger partial charge is 0.378 e. The number of hydrogen-bond donors (Lipinski definition) is 1. The number of ether oxygens (including phenoxy) is 1. The zero-order valence-corrected chi connectivity index (χ0v) is 9.00. The summed E-state index contributed by atoms with van der Waals surface area (Å²) in [4.78, 5) is 0. The molecule has 1 unspecified atom stereocenters. The standard InChI is InChI=1S/C10H17N3O/c1-7-10(8(2)13(3)12-7)9-6-14-5-4-11-9/h9,11H,4-6H2,1-3H3. The molecule has 0 radical (unpaired) electrons. The molecule has 1 N–H and O–H groups in total. The first-order valence-corrected chi connectivity index (χ1v) is 5.01. The number of morpholine rings is 1. The molecule has 0 saturated carbocycles. The van der Waals surface area contributed by atoms with Crippen LogP contribution in [0, 0.1) is 13.8 Å². The van der Waals surface area contributed by atoms with Crippen LogP contribution in [0.4, 0.5) is 0 Å². The van der Waals surface area contributed by atoms with E-state index in [1.165, 1.54) is 11.3 Å². The van der Waals surface area contributed by atoms with Crippen LogP contribution in [0.5, 0.6) is 0 Å². The minimum absolute atomic E-state index is 0.317. The van der Waals surface area contributed by atoms with Gasteiger partial charge in [-0.1, -0.05) is 0 Å². The molecule has 0 aromatic carbocycles. The van der Waals surface area contributed by atoms with Gasteiger partial charge in [0.05, 0.1) is 24.9 Å². The molecule has 1 aromatic heterocycles. The summed E-state index contributed by atoms with van der Waals surface area (Å²) in [5, 5.41) is 7.86. The fourth-order valence-electron chi connectivity index (χ4n) is 2.05. The molecule has 4 heteroatoms. The second-order valence-corrected chi connectivity index (χ2v) is 3.79. The molecule has 14 heavy (non-hydrogen) atoms. The number of nitrogens with zero attached hydrogens (tertiary/aromatic N) is 2. The van der Waals surface area contributed by atoms with E-state index in [0.717, 1.165) is 25.5 Å². The molecular weight excluding hydrogens is 178 g/mol. The lowest BCUT2D eigenvalue weighted by Gasteiger charge is -2.24. The molecular formula is C10H17N3O. The van der Waals surface area contributed by atoms with Gasteiger partial charge in [0.1, 0.15) is 0 Å². The van der Waals surface area contributed by atoms with Gasteiger partial charge in [-0.2, -0.15) is 5.10 Å². The van der Waals surface area contributed by atoms with Gasteiger partial charge in [0, 0.05) is 24.8 Å². The smallest absolute Gasteiger partial charge is 0.0663 e. The van der Waals surface area contributed by atoms with Crippen molar-refractivity contribution in [2.75, 3.05) is 19.8 Å². The molecule has 1 atom stereocenters. The molecule has 1 aliphatic rings. The maximum atomic E-state index is 5.46. The lowest BCUT2D eigenvalue weighted by molar-refractivity contribution is 0.0765. The quantitative estimate of drug-likeness (QED) is 0.717. The zero-order chi connectivity index (χ0) is 10.1. The van der Waals surface area contributed by atoms with Gasteiger partial charge in [-0.15, -0.1) is 0 Å². The summed E-state index contributed by atoms with van der Waals surface area (Å²) in [6, 6.07) is 0.317. The van der Waals surface area contributed by atoms with Crippen LogP contribution in [0.1, 0.15) is 23.0 Å². The van der Waals surface area contributed by atoms with Crippen molar-refractivity contribution < 1.29 is 4.74 Å². The third-order valence-corrected chi connectivity index (χ3v) is 2.84. The third kappa shape index (κ3) is 1.55. The van der Waals surface area contributed by atoms with Gasteiger partial charge in [0.15, 0.2) is 0 Å². The van der Waals surface area contributed by atoms with Crippen LogP contribution in [0.3, 0.4) is 0 Å². The Morgan fingerprint density at radius 1 is 1.50 bits per heavy atom. The fourth-order valence-corrected chi connectivity index (χ4v) is 2.05. The number of aryl methyl sites for hydroxylation is 2. The SMILES string of the molecule is Cc1nn(C)c(C)c1C1COCCN1. The Hall–Kier alpha value is -0.870. The molecule has 2 rings (SSSR count). The van der Waals surface area contributed by atoms with Crippen LogP contribution < -0.4 is 5.32 Å². The van der Waals surface area contributed by atoms with Gasteiger partial charge in [-0.05, 0) is 13.8 Å². The second-order valence-electron chi connectivity index (χ2n) is 3.79. The molecule has 0 bridgehead atoms. The highest BCUT2D eigenvalue weighted by Gasteiger charge is 2.21. The molecule has 0 spiro atoms. The minimum atomic E-state index is 0.317. The first-order valence-electron chi connectivity index (χ1n) is 5.01. The van der Waals surface area contributed by atoms with E-state index in [0.29, 0.717) is 6.04 Å². The van der Waals surface area contributed by atoms with Crippen LogP contribution in [0.2, 0.25) is 0 Å². The Bertz CT molecular complexity index is 326. The van der Waals surface area contributed by atoms with Crippen molar-refractivity contribution in [2.24, 2.45) is 7.05 Å². The van der Waals surface area contributed by atoms with Crippen molar-refractivity contribution in [1.29, 1.82) is 0 Å². The number of aromatic nitrogens is 2. The summed E-state index contributed by atoms with van der Waals surface area (Å²) < 4.78 is 7.39. The van der Waals surface area contributed by atoms with Gasteiger partial charge >= 0.3 is 0 Å². The monoisotopic (exact) mass is 195 g/mol. The maximum absolute atomic E-state index is 5.46. The predicted molar refractivity (Wildman–Crippen MR) is 54.2 cm³/mol. The Morgan fingerprint density at radius 3 is 2.79 bits per heavy atom. The van der Waals surface area contributed by atoms with Crippen LogP contribution in [-0.4, -0.2) is 29.5 Å². The first kappa shape index (κ1) is 9.68. The summed E-state index contributed by atoms with van der Waals surface area (Å²) in [6.07, 6.45) is 0. The highest BCUT2D eigenvalue weighted by atomic mass is 16.5. The van der Waals surface area contributed by atoms with Crippen LogP contribution in [-0.2, 0) is 11.8 Å². The molecule has 4 nitrogen and oxygen atoms in total. The highest BCUT2D eigenvalue weighted by molar-refractivity contribution is 5.28. The predicted octanol–water partition coefficient (Wildman–Crippen LogP) is 0.698. The number of rotatable bonds is 1. The average molecular weight is 195 g/mol. The van der Waals surface area contributed by atoms with Crippen molar-refractivity contribution in [3.05, 3.63) is 17.0 Å². The van der Waals surface area contributed by atoms with Crippen LogP contribution in [0.25, 0.3) is 0 Å². The van der Waals surface area contributed by atoms with E-state index in [1.807, 2.05) is 11.7 Å². The Balaban J connectivity index is 2.29. The van der Waals surface area contributed by atoms with Crippen molar-refractivity contribution in [2.45, 2.75) is 19.9 Å². The van der Waals surface area contributed by atoms with Gasteiger partial charge in [-0.3, -0.25) is 4.68 Å². The maximum Gasteiger partial charge on any atom is 0.0663 e. The lowest BCUT2D eigenvalue weighted by atomic mass is 10.1. The molecule has 0 aliphatic carbocycles. The zero-order valence-electron chi connectivity index (χ0n) is 9.00. The van der Waals surface area contributed by atoms with Crippen LogP contribution >= 0.6 is 0 Å². The van der Waals surface area contributed by atoms with Gasteiger partial charge < -0.3 is 10.1 Å². The topological polar surface area (TPSA) is 39.1 Å². The van der Waals surface area contributed by atoms with E-state index in [-0.39, 0.29) is 0 Å². The molecule has 1 aromatic rings. The number of nitrogens with one attached hydrogen (secondary N) is 1. The molecule has 2 heterocycles. The average Bonchev–Trinajstić information content (AvgIpc) is 2.43. The summed E-state index contributed by atoms with van der Waals surface area (Å²) in [7, 11) is 1.98. The Kier molecular flexibility index (Phi) is 2.56. The van der Waals surface area contributed by atoms with Gasteiger partial charge in [0.25, 0.3) is 0 Å². The van der Waals surface area contributed by atoms with E-state index in [4.69, 9.17) is 4.74 Å². The highest BCUT2D eigenvalue weighted by Crippen LogP contribution is 2.22. The second kappa shape index (κ2) is 3.71. The first-order chi connectivity index (χ1) is 6.70.